The highest BCUT2D eigenvalue weighted by atomic mass is 16.5. The molecule has 0 aliphatic carbocycles. The van der Waals surface area contributed by atoms with Crippen LogP contribution in [-0.2, 0) is 0 Å². The summed E-state index contributed by atoms with van der Waals surface area (Å²) in [4.78, 5) is 7.83. The fraction of sp³-hybridized carbons (Fsp3) is 0.333. The molecule has 14 heavy (non-hydrogen) atoms. The predicted octanol–water partition coefficient (Wildman–Crippen LogP) is 0.837. The third-order valence-electron chi connectivity index (χ3n) is 1.54. The molecule has 0 bridgehead atoms. The number of nitrogens with one attached hydrogen (secondary N) is 1. The van der Waals surface area contributed by atoms with Gasteiger partial charge in [0.25, 0.3) is 0 Å². The first-order valence-corrected chi connectivity index (χ1v) is 4.34. The maximum absolute atomic E-state index is 5.48. The number of rotatable bonds is 3. The van der Waals surface area contributed by atoms with Crippen molar-refractivity contribution in [3.8, 4) is 5.88 Å². The molecule has 5 heteroatoms. The number of nitrogens with two attached hydrogens (primary N) is 1. The van der Waals surface area contributed by atoms with Gasteiger partial charge in [-0.1, -0.05) is 0 Å². The number of ether oxygens (including phenoxy) is 1. The zero-order valence-corrected chi connectivity index (χ0v) is 8.32. The average Bonchev–Trinajstić information content (AvgIpc) is 2.21. The maximum Gasteiger partial charge on any atom is 0.213 e. The molecule has 0 saturated carbocycles. The molecule has 0 aliphatic heterocycles. The summed E-state index contributed by atoms with van der Waals surface area (Å²) in [5, 5.41) is 2.87. The third-order valence-corrected chi connectivity index (χ3v) is 1.54. The van der Waals surface area contributed by atoms with Crippen molar-refractivity contribution in [2.45, 2.75) is 6.92 Å². The normalized spacial score (nSPS) is 11.1. The van der Waals surface area contributed by atoms with Gasteiger partial charge in [-0.25, -0.2) is 4.98 Å². The highest BCUT2D eigenvalue weighted by Crippen LogP contribution is 2.10. The SMILES string of the molecule is CCOc1ccc(NC(N)=NC)cn1. The quantitative estimate of drug-likeness (QED) is 0.552. The molecule has 0 unspecified atom stereocenters. The van der Waals surface area contributed by atoms with E-state index in [9.17, 15) is 0 Å². The van der Waals surface area contributed by atoms with Crippen molar-refractivity contribution in [3.05, 3.63) is 18.3 Å². The van der Waals surface area contributed by atoms with Crippen LogP contribution in [0.1, 0.15) is 6.92 Å². The van der Waals surface area contributed by atoms with E-state index in [-0.39, 0.29) is 0 Å². The summed E-state index contributed by atoms with van der Waals surface area (Å²) < 4.78 is 5.19. The van der Waals surface area contributed by atoms with Crippen LogP contribution in [0.2, 0.25) is 0 Å². The first-order valence-electron chi connectivity index (χ1n) is 4.34. The van der Waals surface area contributed by atoms with E-state index in [2.05, 4.69) is 15.3 Å². The van der Waals surface area contributed by atoms with Gasteiger partial charge in [0.2, 0.25) is 5.88 Å². The van der Waals surface area contributed by atoms with E-state index in [1.807, 2.05) is 13.0 Å². The number of nitrogens with zero attached hydrogens (tertiary/aromatic N) is 2. The van der Waals surface area contributed by atoms with Crippen LogP contribution in [0.4, 0.5) is 5.69 Å². The second-order valence-corrected chi connectivity index (χ2v) is 2.55. The molecule has 0 fully saturated rings. The monoisotopic (exact) mass is 194 g/mol. The van der Waals surface area contributed by atoms with E-state index >= 15 is 0 Å². The van der Waals surface area contributed by atoms with Gasteiger partial charge >= 0.3 is 0 Å². The number of hydrogen-bond acceptors (Lipinski definition) is 3. The molecule has 1 rings (SSSR count). The van der Waals surface area contributed by atoms with E-state index in [4.69, 9.17) is 10.5 Å². The Bertz CT molecular complexity index is 307. The largest absolute Gasteiger partial charge is 0.478 e. The van der Waals surface area contributed by atoms with E-state index in [1.54, 1.807) is 19.3 Å². The molecule has 1 heterocycles. The molecule has 5 nitrogen and oxygen atoms in total. The molecule has 0 amide bonds. The summed E-state index contributed by atoms with van der Waals surface area (Å²) in [5.74, 6) is 0.959. The van der Waals surface area contributed by atoms with Crippen molar-refractivity contribution in [2.24, 2.45) is 10.7 Å². The number of aromatic nitrogens is 1. The van der Waals surface area contributed by atoms with Crippen molar-refractivity contribution >= 4 is 11.6 Å². The van der Waals surface area contributed by atoms with Gasteiger partial charge in [0.1, 0.15) is 0 Å². The van der Waals surface area contributed by atoms with Crippen LogP contribution in [0.3, 0.4) is 0 Å². The summed E-state index contributed by atoms with van der Waals surface area (Å²) in [7, 11) is 1.62. The Morgan fingerprint density at radius 2 is 2.43 bits per heavy atom. The van der Waals surface area contributed by atoms with Gasteiger partial charge in [-0.15, -0.1) is 0 Å². The van der Waals surface area contributed by atoms with Gasteiger partial charge in [-0.2, -0.15) is 0 Å². The van der Waals surface area contributed by atoms with Crippen LogP contribution in [0.15, 0.2) is 23.3 Å². The van der Waals surface area contributed by atoms with Gasteiger partial charge in [-0.05, 0) is 13.0 Å². The van der Waals surface area contributed by atoms with Crippen molar-refractivity contribution in [3.63, 3.8) is 0 Å². The summed E-state index contributed by atoms with van der Waals surface area (Å²) in [6.07, 6.45) is 1.64. The molecule has 1 aromatic rings. The Morgan fingerprint density at radius 3 is 2.93 bits per heavy atom. The van der Waals surface area contributed by atoms with E-state index in [0.29, 0.717) is 18.4 Å². The smallest absolute Gasteiger partial charge is 0.213 e. The van der Waals surface area contributed by atoms with Gasteiger partial charge in [0, 0.05) is 13.1 Å². The molecule has 0 saturated heterocycles. The zero-order valence-electron chi connectivity index (χ0n) is 8.32. The van der Waals surface area contributed by atoms with Crippen LogP contribution in [-0.4, -0.2) is 24.6 Å². The zero-order chi connectivity index (χ0) is 10.4. The molecule has 1 aromatic heterocycles. The predicted molar refractivity (Wildman–Crippen MR) is 56.6 cm³/mol. The van der Waals surface area contributed by atoms with Crippen LogP contribution in [0, 0.1) is 0 Å². The summed E-state index contributed by atoms with van der Waals surface area (Å²) in [6.45, 7) is 2.52. The van der Waals surface area contributed by atoms with Crippen molar-refractivity contribution in [2.75, 3.05) is 19.0 Å². The number of pyridine rings is 1. The van der Waals surface area contributed by atoms with Gasteiger partial charge in [0.15, 0.2) is 5.96 Å². The summed E-state index contributed by atoms with van der Waals surface area (Å²) in [5.41, 5.74) is 6.27. The lowest BCUT2D eigenvalue weighted by Gasteiger charge is -2.05. The van der Waals surface area contributed by atoms with Crippen LogP contribution < -0.4 is 15.8 Å². The van der Waals surface area contributed by atoms with E-state index in [0.717, 1.165) is 5.69 Å². The van der Waals surface area contributed by atoms with Crippen LogP contribution in [0.5, 0.6) is 5.88 Å². The van der Waals surface area contributed by atoms with Crippen molar-refractivity contribution in [1.82, 2.24) is 4.98 Å². The average molecular weight is 194 g/mol. The Kier molecular flexibility index (Phi) is 3.72. The lowest BCUT2D eigenvalue weighted by atomic mass is 10.4. The Morgan fingerprint density at radius 1 is 1.64 bits per heavy atom. The topological polar surface area (TPSA) is 72.5 Å². The molecule has 0 radical (unpaired) electrons. The van der Waals surface area contributed by atoms with Crippen LogP contribution >= 0.6 is 0 Å². The number of anilines is 1. The van der Waals surface area contributed by atoms with Crippen molar-refractivity contribution in [1.29, 1.82) is 0 Å². The Hall–Kier alpha value is -1.78. The minimum Gasteiger partial charge on any atom is -0.478 e. The number of aliphatic imine (C=N–C) groups is 1. The second kappa shape index (κ2) is 5.06. The van der Waals surface area contributed by atoms with E-state index < -0.39 is 0 Å². The Labute approximate surface area is 83.0 Å². The molecule has 0 aliphatic rings. The first kappa shape index (κ1) is 10.3. The lowest BCUT2D eigenvalue weighted by molar-refractivity contribution is 0.327. The minimum absolute atomic E-state index is 0.357. The standard InChI is InChI=1S/C9H14N4O/c1-3-14-8-5-4-7(6-12-8)13-9(10)11-2/h4-6H,3H2,1-2H3,(H3,10,11,13). The molecule has 0 atom stereocenters. The van der Waals surface area contributed by atoms with Gasteiger partial charge < -0.3 is 15.8 Å². The molecular weight excluding hydrogens is 180 g/mol. The van der Waals surface area contributed by atoms with Gasteiger partial charge in [0.05, 0.1) is 18.5 Å². The molecular formula is C9H14N4O. The molecule has 0 spiro atoms. The summed E-state index contributed by atoms with van der Waals surface area (Å²) >= 11 is 0. The highest BCUT2D eigenvalue weighted by Gasteiger charge is 1.96. The number of hydrogen-bond donors (Lipinski definition) is 2. The van der Waals surface area contributed by atoms with Gasteiger partial charge in [-0.3, -0.25) is 4.99 Å². The van der Waals surface area contributed by atoms with Crippen molar-refractivity contribution < 1.29 is 4.74 Å². The fourth-order valence-electron chi connectivity index (χ4n) is 0.891. The maximum atomic E-state index is 5.48. The Balaban J connectivity index is 2.64. The van der Waals surface area contributed by atoms with Crippen LogP contribution in [0.25, 0.3) is 0 Å². The number of guanidine groups is 1. The fourth-order valence-corrected chi connectivity index (χ4v) is 0.891. The second-order valence-electron chi connectivity index (χ2n) is 2.55. The third kappa shape index (κ3) is 2.93. The first-order chi connectivity index (χ1) is 6.76. The summed E-state index contributed by atoms with van der Waals surface area (Å²) in [6, 6.07) is 3.60. The molecule has 0 aromatic carbocycles. The van der Waals surface area contributed by atoms with E-state index in [1.165, 1.54) is 0 Å². The molecule has 3 N–H and O–H groups in total. The minimum atomic E-state index is 0.357. The lowest BCUT2D eigenvalue weighted by Crippen LogP contribution is -2.22. The highest BCUT2D eigenvalue weighted by molar-refractivity contribution is 5.91. The molecule has 76 valence electrons.